The molecule has 98 valence electrons. The molecule has 1 saturated heterocycles. The molecule has 0 bridgehead atoms. The molecular weight excluding hydrogens is 252 g/mol. The summed E-state index contributed by atoms with van der Waals surface area (Å²) in [6.45, 7) is 2.71. The lowest BCUT2D eigenvalue weighted by atomic mass is 10.1. The summed E-state index contributed by atoms with van der Waals surface area (Å²) in [5.74, 6) is -0.192. The second-order valence-corrected chi connectivity index (χ2v) is 4.96. The molecule has 1 aliphatic heterocycles. The average molecular weight is 269 g/mol. The van der Waals surface area contributed by atoms with Crippen molar-refractivity contribution in [3.8, 4) is 0 Å². The van der Waals surface area contributed by atoms with E-state index >= 15 is 0 Å². The number of benzene rings is 1. The van der Waals surface area contributed by atoms with E-state index < -0.39 is 0 Å². The van der Waals surface area contributed by atoms with Gasteiger partial charge < -0.3 is 15.8 Å². The monoisotopic (exact) mass is 268 g/mol. The van der Waals surface area contributed by atoms with Gasteiger partial charge in [-0.2, -0.15) is 0 Å². The summed E-state index contributed by atoms with van der Waals surface area (Å²) in [7, 11) is 0. The number of carbonyl (C=O) groups is 1. The van der Waals surface area contributed by atoms with Crippen LogP contribution in [0.5, 0.6) is 0 Å². The SMILES string of the molecule is CC(NC(=O)c1ccc(N)cc1Cl)C1CCCO1. The molecule has 2 unspecified atom stereocenters. The zero-order valence-electron chi connectivity index (χ0n) is 10.3. The Morgan fingerprint density at radius 1 is 1.61 bits per heavy atom. The highest BCUT2D eigenvalue weighted by Gasteiger charge is 2.24. The van der Waals surface area contributed by atoms with Crippen molar-refractivity contribution in [2.45, 2.75) is 31.9 Å². The standard InChI is InChI=1S/C13H17ClN2O2/c1-8(12-3-2-6-18-12)16-13(17)10-5-4-9(15)7-11(10)14/h4-5,7-8,12H,2-3,6,15H2,1H3,(H,16,17). The number of nitrogens with one attached hydrogen (secondary N) is 1. The smallest absolute Gasteiger partial charge is 0.253 e. The molecule has 1 fully saturated rings. The van der Waals surface area contributed by atoms with E-state index in [4.69, 9.17) is 22.1 Å². The van der Waals surface area contributed by atoms with E-state index in [1.165, 1.54) is 0 Å². The van der Waals surface area contributed by atoms with Crippen molar-refractivity contribution in [3.63, 3.8) is 0 Å². The third-order valence-electron chi connectivity index (χ3n) is 3.12. The van der Waals surface area contributed by atoms with E-state index in [1.807, 2.05) is 6.92 Å². The summed E-state index contributed by atoms with van der Waals surface area (Å²) in [4.78, 5) is 12.1. The Kier molecular flexibility index (Phi) is 4.09. The quantitative estimate of drug-likeness (QED) is 0.826. The molecule has 4 nitrogen and oxygen atoms in total. The van der Waals surface area contributed by atoms with Gasteiger partial charge in [-0.05, 0) is 38.0 Å². The predicted octanol–water partition coefficient (Wildman–Crippen LogP) is 2.22. The molecule has 5 heteroatoms. The molecule has 0 radical (unpaired) electrons. The molecule has 1 aliphatic rings. The highest BCUT2D eigenvalue weighted by Crippen LogP contribution is 2.20. The number of carbonyl (C=O) groups excluding carboxylic acids is 1. The first-order chi connectivity index (χ1) is 8.58. The van der Waals surface area contributed by atoms with Crippen LogP contribution < -0.4 is 11.1 Å². The van der Waals surface area contributed by atoms with Crippen LogP contribution in [0.2, 0.25) is 5.02 Å². The van der Waals surface area contributed by atoms with E-state index in [2.05, 4.69) is 5.32 Å². The minimum Gasteiger partial charge on any atom is -0.399 e. The number of hydrogen-bond donors (Lipinski definition) is 2. The zero-order valence-corrected chi connectivity index (χ0v) is 11.0. The number of rotatable bonds is 3. The molecule has 1 aromatic carbocycles. The normalized spacial score (nSPS) is 20.7. The number of ether oxygens (including phenoxy) is 1. The van der Waals surface area contributed by atoms with Crippen molar-refractivity contribution in [3.05, 3.63) is 28.8 Å². The lowest BCUT2D eigenvalue weighted by Crippen LogP contribution is -2.40. The van der Waals surface area contributed by atoms with Crippen LogP contribution in [0, 0.1) is 0 Å². The van der Waals surface area contributed by atoms with Gasteiger partial charge in [0.05, 0.1) is 22.7 Å². The van der Waals surface area contributed by atoms with Crippen LogP contribution in [0.25, 0.3) is 0 Å². The van der Waals surface area contributed by atoms with Crippen LogP contribution in [0.4, 0.5) is 5.69 Å². The van der Waals surface area contributed by atoms with Gasteiger partial charge in [-0.3, -0.25) is 4.79 Å². The Balaban J connectivity index is 2.02. The van der Waals surface area contributed by atoms with Crippen LogP contribution >= 0.6 is 11.6 Å². The summed E-state index contributed by atoms with van der Waals surface area (Å²) in [6, 6.07) is 4.86. The van der Waals surface area contributed by atoms with E-state index in [9.17, 15) is 4.79 Å². The lowest BCUT2D eigenvalue weighted by Gasteiger charge is -2.20. The molecule has 2 atom stereocenters. The first-order valence-corrected chi connectivity index (χ1v) is 6.43. The van der Waals surface area contributed by atoms with Crippen molar-refractivity contribution >= 4 is 23.2 Å². The van der Waals surface area contributed by atoms with Crippen molar-refractivity contribution in [2.24, 2.45) is 0 Å². The first-order valence-electron chi connectivity index (χ1n) is 6.05. The van der Waals surface area contributed by atoms with Gasteiger partial charge >= 0.3 is 0 Å². The van der Waals surface area contributed by atoms with Gasteiger partial charge in [-0.15, -0.1) is 0 Å². The molecular formula is C13H17ClN2O2. The maximum absolute atomic E-state index is 12.1. The minimum absolute atomic E-state index is 0.0198. The predicted molar refractivity (Wildman–Crippen MR) is 71.8 cm³/mol. The van der Waals surface area contributed by atoms with Crippen molar-refractivity contribution in [1.82, 2.24) is 5.32 Å². The fourth-order valence-corrected chi connectivity index (χ4v) is 2.36. The Labute approximate surface area is 111 Å². The third kappa shape index (κ3) is 2.94. The van der Waals surface area contributed by atoms with Crippen molar-refractivity contribution in [2.75, 3.05) is 12.3 Å². The Hall–Kier alpha value is -1.26. The maximum atomic E-state index is 12.1. The summed E-state index contributed by atoms with van der Waals surface area (Å²) in [5, 5.41) is 3.28. The van der Waals surface area contributed by atoms with Gasteiger partial charge in [-0.1, -0.05) is 11.6 Å². The first kappa shape index (κ1) is 13.2. The highest BCUT2D eigenvalue weighted by molar-refractivity contribution is 6.34. The molecule has 0 aliphatic carbocycles. The molecule has 0 aromatic heterocycles. The fourth-order valence-electron chi connectivity index (χ4n) is 2.09. The van der Waals surface area contributed by atoms with E-state index in [0.29, 0.717) is 16.3 Å². The zero-order chi connectivity index (χ0) is 13.1. The lowest BCUT2D eigenvalue weighted by molar-refractivity contribution is 0.0712. The van der Waals surface area contributed by atoms with Gasteiger partial charge in [0, 0.05) is 12.3 Å². The average Bonchev–Trinajstić information content (AvgIpc) is 2.81. The molecule has 1 amide bonds. The van der Waals surface area contributed by atoms with Crippen LogP contribution in [-0.4, -0.2) is 24.7 Å². The van der Waals surface area contributed by atoms with Crippen LogP contribution in [-0.2, 0) is 4.74 Å². The van der Waals surface area contributed by atoms with Crippen molar-refractivity contribution in [1.29, 1.82) is 0 Å². The molecule has 3 N–H and O–H groups in total. The summed E-state index contributed by atoms with van der Waals surface area (Å²) >= 11 is 6.00. The second kappa shape index (κ2) is 5.59. The Bertz CT molecular complexity index is 445. The number of amides is 1. The van der Waals surface area contributed by atoms with Gasteiger partial charge in [0.2, 0.25) is 0 Å². The van der Waals surface area contributed by atoms with E-state index in [-0.39, 0.29) is 18.1 Å². The van der Waals surface area contributed by atoms with Crippen LogP contribution in [0.1, 0.15) is 30.1 Å². The summed E-state index contributed by atoms with van der Waals surface area (Å²) < 4.78 is 5.53. The number of anilines is 1. The van der Waals surface area contributed by atoms with Gasteiger partial charge in [-0.25, -0.2) is 0 Å². The van der Waals surface area contributed by atoms with Crippen LogP contribution in [0.3, 0.4) is 0 Å². The molecule has 18 heavy (non-hydrogen) atoms. The number of nitrogen functional groups attached to an aromatic ring is 1. The molecule has 0 saturated carbocycles. The maximum Gasteiger partial charge on any atom is 0.253 e. The minimum atomic E-state index is -0.192. The fraction of sp³-hybridized carbons (Fsp3) is 0.462. The van der Waals surface area contributed by atoms with E-state index in [0.717, 1.165) is 19.4 Å². The molecule has 0 spiro atoms. The second-order valence-electron chi connectivity index (χ2n) is 4.55. The van der Waals surface area contributed by atoms with Gasteiger partial charge in [0.15, 0.2) is 0 Å². The summed E-state index contributed by atoms with van der Waals surface area (Å²) in [6.07, 6.45) is 2.13. The van der Waals surface area contributed by atoms with E-state index in [1.54, 1.807) is 18.2 Å². The number of hydrogen-bond acceptors (Lipinski definition) is 3. The third-order valence-corrected chi connectivity index (χ3v) is 3.43. The number of nitrogens with two attached hydrogens (primary N) is 1. The van der Waals surface area contributed by atoms with Gasteiger partial charge in [0.25, 0.3) is 5.91 Å². The molecule has 1 heterocycles. The molecule has 2 rings (SSSR count). The van der Waals surface area contributed by atoms with Gasteiger partial charge in [0.1, 0.15) is 0 Å². The summed E-state index contributed by atoms with van der Waals surface area (Å²) in [5.41, 5.74) is 6.58. The Morgan fingerprint density at radius 2 is 2.39 bits per heavy atom. The van der Waals surface area contributed by atoms with Crippen LogP contribution in [0.15, 0.2) is 18.2 Å². The van der Waals surface area contributed by atoms with Crippen molar-refractivity contribution < 1.29 is 9.53 Å². The molecule has 1 aromatic rings. The Morgan fingerprint density at radius 3 is 3.00 bits per heavy atom. The topological polar surface area (TPSA) is 64.4 Å². The largest absolute Gasteiger partial charge is 0.399 e. The highest BCUT2D eigenvalue weighted by atomic mass is 35.5. The number of halogens is 1.